The van der Waals surface area contributed by atoms with Gasteiger partial charge in [0.15, 0.2) is 6.10 Å². The number of carbonyl (C=O) groups excluding carboxylic acids is 2. The van der Waals surface area contributed by atoms with Crippen molar-refractivity contribution in [1.29, 1.82) is 0 Å². The fourth-order valence-electron chi connectivity index (χ4n) is 5.85. The maximum Gasteiger partial charge on any atom is 0.338 e. The van der Waals surface area contributed by atoms with Crippen molar-refractivity contribution in [2.75, 3.05) is 0 Å². The van der Waals surface area contributed by atoms with Gasteiger partial charge < -0.3 is 14.8 Å². The van der Waals surface area contributed by atoms with Gasteiger partial charge in [-0.05, 0) is 101 Å². The lowest BCUT2D eigenvalue weighted by molar-refractivity contribution is -0.134. The first-order valence-electron chi connectivity index (χ1n) is 10.6. The Morgan fingerprint density at radius 3 is 2.00 bits per heavy atom. The second-order valence-electron chi connectivity index (χ2n) is 9.43. The van der Waals surface area contributed by atoms with Crippen LogP contribution in [0.15, 0.2) is 24.3 Å². The average Bonchev–Trinajstić information content (AvgIpc) is 2.60. The number of benzene rings is 1. The molecule has 1 aromatic rings. The quantitative estimate of drug-likeness (QED) is 0.749. The summed E-state index contributed by atoms with van der Waals surface area (Å²) in [6.45, 7) is 5.56. The minimum absolute atomic E-state index is 0.0671. The van der Waals surface area contributed by atoms with Crippen LogP contribution in [0.25, 0.3) is 0 Å². The monoisotopic (exact) mass is 385 g/mol. The Kier molecular flexibility index (Phi) is 5.11. The Hall–Kier alpha value is -2.04. The lowest BCUT2D eigenvalue weighted by Crippen LogP contribution is -2.61. The van der Waals surface area contributed by atoms with Crippen LogP contribution in [0.2, 0.25) is 0 Å². The molecule has 5 nitrogen and oxygen atoms in total. The minimum Gasteiger partial charge on any atom is -0.491 e. The van der Waals surface area contributed by atoms with Crippen molar-refractivity contribution in [1.82, 2.24) is 5.32 Å². The van der Waals surface area contributed by atoms with E-state index in [9.17, 15) is 9.59 Å². The van der Waals surface area contributed by atoms with E-state index >= 15 is 0 Å². The second-order valence-corrected chi connectivity index (χ2v) is 9.43. The summed E-state index contributed by atoms with van der Waals surface area (Å²) in [6.07, 6.45) is 6.52. The molecule has 0 spiro atoms. The summed E-state index contributed by atoms with van der Waals surface area (Å²) in [7, 11) is 0. The fourth-order valence-corrected chi connectivity index (χ4v) is 5.85. The van der Waals surface area contributed by atoms with Crippen LogP contribution in [0, 0.1) is 17.8 Å². The highest BCUT2D eigenvalue weighted by Crippen LogP contribution is 2.55. The van der Waals surface area contributed by atoms with Crippen LogP contribution in [0.3, 0.4) is 0 Å². The maximum absolute atomic E-state index is 12.8. The molecule has 0 heterocycles. The Morgan fingerprint density at radius 2 is 1.50 bits per heavy atom. The molecule has 0 unspecified atom stereocenters. The van der Waals surface area contributed by atoms with E-state index in [0.717, 1.165) is 37.0 Å². The largest absolute Gasteiger partial charge is 0.491 e. The molecule has 0 aliphatic heterocycles. The molecule has 0 saturated heterocycles. The van der Waals surface area contributed by atoms with E-state index < -0.39 is 12.1 Å². The lowest BCUT2D eigenvalue weighted by atomic mass is 9.53. The predicted octanol–water partition coefficient (Wildman–Crippen LogP) is 4.10. The Bertz CT molecular complexity index is 704. The van der Waals surface area contributed by atoms with Gasteiger partial charge in [0.1, 0.15) is 5.75 Å². The van der Waals surface area contributed by atoms with Crippen LogP contribution < -0.4 is 10.1 Å². The molecule has 4 fully saturated rings. The number of rotatable bonds is 6. The first-order chi connectivity index (χ1) is 13.3. The van der Waals surface area contributed by atoms with Crippen LogP contribution in [0.4, 0.5) is 0 Å². The summed E-state index contributed by atoms with van der Waals surface area (Å²) in [6, 6.07) is 6.83. The van der Waals surface area contributed by atoms with Gasteiger partial charge in [-0.2, -0.15) is 0 Å². The molecule has 0 radical (unpaired) electrons. The summed E-state index contributed by atoms with van der Waals surface area (Å²) in [4.78, 5) is 25.2. The van der Waals surface area contributed by atoms with Gasteiger partial charge in [0.25, 0.3) is 5.91 Å². The van der Waals surface area contributed by atoms with E-state index in [1.54, 1.807) is 31.2 Å². The molecule has 5 rings (SSSR count). The highest BCUT2D eigenvalue weighted by Gasteiger charge is 2.51. The summed E-state index contributed by atoms with van der Waals surface area (Å²) in [5, 5.41) is 3.28. The van der Waals surface area contributed by atoms with E-state index in [-0.39, 0.29) is 17.6 Å². The van der Waals surface area contributed by atoms with Crippen molar-refractivity contribution in [2.24, 2.45) is 17.8 Å². The van der Waals surface area contributed by atoms with E-state index in [1.165, 1.54) is 19.3 Å². The average molecular weight is 386 g/mol. The number of hydrogen-bond donors (Lipinski definition) is 1. The van der Waals surface area contributed by atoms with Gasteiger partial charge in [0, 0.05) is 5.54 Å². The smallest absolute Gasteiger partial charge is 0.338 e. The normalized spacial score (nSPS) is 31.5. The van der Waals surface area contributed by atoms with Crippen molar-refractivity contribution in [3.8, 4) is 5.75 Å². The predicted molar refractivity (Wildman–Crippen MR) is 106 cm³/mol. The summed E-state index contributed by atoms with van der Waals surface area (Å²) >= 11 is 0. The molecule has 5 heteroatoms. The molecule has 28 heavy (non-hydrogen) atoms. The second kappa shape index (κ2) is 7.41. The molecule has 1 N–H and O–H groups in total. The van der Waals surface area contributed by atoms with Gasteiger partial charge in [0.05, 0.1) is 11.7 Å². The number of hydrogen-bond acceptors (Lipinski definition) is 4. The third-order valence-corrected chi connectivity index (χ3v) is 6.54. The molecule has 4 aliphatic rings. The van der Waals surface area contributed by atoms with Crippen LogP contribution in [-0.2, 0) is 9.53 Å². The lowest BCUT2D eigenvalue weighted by Gasteiger charge is -2.57. The van der Waals surface area contributed by atoms with Gasteiger partial charge in [-0.3, -0.25) is 4.79 Å². The topological polar surface area (TPSA) is 64.6 Å². The van der Waals surface area contributed by atoms with E-state index in [0.29, 0.717) is 11.3 Å². The van der Waals surface area contributed by atoms with Gasteiger partial charge >= 0.3 is 5.97 Å². The van der Waals surface area contributed by atoms with E-state index in [2.05, 4.69) is 5.32 Å². The first kappa shape index (κ1) is 19.3. The molecule has 4 saturated carbocycles. The maximum atomic E-state index is 12.8. The first-order valence-corrected chi connectivity index (χ1v) is 10.6. The third-order valence-electron chi connectivity index (χ3n) is 6.54. The van der Waals surface area contributed by atoms with Crippen LogP contribution >= 0.6 is 0 Å². The summed E-state index contributed by atoms with van der Waals surface area (Å²) < 4.78 is 11.0. The molecule has 1 amide bonds. The van der Waals surface area contributed by atoms with Crippen molar-refractivity contribution in [3.63, 3.8) is 0 Å². The number of ether oxygens (including phenoxy) is 2. The molecule has 1 aromatic carbocycles. The van der Waals surface area contributed by atoms with E-state index in [1.807, 2.05) is 13.8 Å². The standard InChI is InChI=1S/C23H31NO4/c1-14(2)27-20-6-4-19(5-7-20)22(26)28-15(3)21(25)24-23-11-16-8-17(12-23)10-18(9-16)13-23/h4-7,14-18H,8-13H2,1-3H3,(H,24,25)/t15-,16?,17?,18?,23?/m1/s1. The number of amides is 1. The number of carbonyl (C=O) groups is 2. The zero-order valence-corrected chi connectivity index (χ0v) is 17.1. The van der Waals surface area contributed by atoms with Crippen molar-refractivity contribution >= 4 is 11.9 Å². The van der Waals surface area contributed by atoms with Gasteiger partial charge in [-0.1, -0.05) is 0 Å². The summed E-state index contributed by atoms with van der Waals surface area (Å²) in [5.74, 6) is 2.33. The molecular formula is C23H31NO4. The zero-order valence-electron chi connectivity index (χ0n) is 17.1. The minimum atomic E-state index is -0.799. The molecule has 4 aliphatic carbocycles. The zero-order chi connectivity index (χ0) is 19.9. The van der Waals surface area contributed by atoms with Crippen LogP contribution in [0.5, 0.6) is 5.75 Å². The van der Waals surface area contributed by atoms with Crippen LogP contribution in [-0.4, -0.2) is 29.6 Å². The van der Waals surface area contributed by atoms with Crippen LogP contribution in [0.1, 0.15) is 69.7 Å². The molecule has 0 aromatic heterocycles. The Morgan fingerprint density at radius 1 is 0.964 bits per heavy atom. The van der Waals surface area contributed by atoms with Gasteiger partial charge in [0.2, 0.25) is 0 Å². The highest BCUT2D eigenvalue weighted by molar-refractivity contribution is 5.92. The molecule has 152 valence electrons. The number of nitrogens with one attached hydrogen (secondary N) is 1. The Labute approximate surface area is 167 Å². The van der Waals surface area contributed by atoms with E-state index in [4.69, 9.17) is 9.47 Å². The highest BCUT2D eigenvalue weighted by atomic mass is 16.5. The van der Waals surface area contributed by atoms with Gasteiger partial charge in [-0.15, -0.1) is 0 Å². The fraction of sp³-hybridized carbons (Fsp3) is 0.652. The molecular weight excluding hydrogens is 354 g/mol. The summed E-state index contributed by atoms with van der Waals surface area (Å²) in [5.41, 5.74) is 0.355. The number of esters is 1. The molecule has 1 atom stereocenters. The Balaban J connectivity index is 1.33. The molecule has 4 bridgehead atoms. The van der Waals surface area contributed by atoms with Crippen molar-refractivity contribution in [2.45, 2.75) is 77.0 Å². The SMILES string of the molecule is CC(C)Oc1ccc(C(=O)O[C@H](C)C(=O)NC23CC4CC(CC(C4)C2)C3)cc1. The van der Waals surface area contributed by atoms with Crippen molar-refractivity contribution in [3.05, 3.63) is 29.8 Å². The van der Waals surface area contributed by atoms with Gasteiger partial charge in [-0.25, -0.2) is 4.79 Å². The third kappa shape index (κ3) is 4.03. The van der Waals surface area contributed by atoms with Crippen molar-refractivity contribution < 1.29 is 19.1 Å².